The van der Waals surface area contributed by atoms with E-state index in [0.29, 0.717) is 47.4 Å². The summed E-state index contributed by atoms with van der Waals surface area (Å²) in [6, 6.07) is 16.5. The first kappa shape index (κ1) is 24.0. The van der Waals surface area contributed by atoms with Crippen molar-refractivity contribution in [3.8, 4) is 11.5 Å². The summed E-state index contributed by atoms with van der Waals surface area (Å²) in [4.78, 5) is 32.0. The molecule has 180 valence electrons. The molecule has 3 aromatic rings. The molecule has 2 heterocycles. The van der Waals surface area contributed by atoms with E-state index in [0.717, 1.165) is 0 Å². The largest absolute Gasteiger partial charge is 0.507 e. The van der Waals surface area contributed by atoms with Gasteiger partial charge in [-0.25, -0.2) is 0 Å². The van der Waals surface area contributed by atoms with Gasteiger partial charge in [-0.2, -0.15) is 0 Å². The first-order valence-corrected chi connectivity index (χ1v) is 11.6. The van der Waals surface area contributed by atoms with Gasteiger partial charge in [-0.3, -0.25) is 19.5 Å². The Morgan fingerprint density at radius 1 is 1.00 bits per heavy atom. The minimum absolute atomic E-state index is 0.0128. The lowest BCUT2D eigenvalue weighted by Crippen LogP contribution is -2.29. The molecule has 0 bridgehead atoms. The average molecular weight is 473 g/mol. The van der Waals surface area contributed by atoms with Crippen LogP contribution >= 0.6 is 0 Å². The van der Waals surface area contributed by atoms with E-state index in [1.807, 2.05) is 6.92 Å². The third-order valence-corrected chi connectivity index (χ3v) is 5.58. The smallest absolute Gasteiger partial charge is 0.300 e. The van der Waals surface area contributed by atoms with Gasteiger partial charge in [-0.15, -0.1) is 0 Å². The molecule has 0 aliphatic carbocycles. The molecule has 7 heteroatoms. The van der Waals surface area contributed by atoms with Crippen molar-refractivity contribution in [3.05, 3.63) is 89.8 Å². The molecule has 1 saturated heterocycles. The van der Waals surface area contributed by atoms with Crippen LogP contribution in [-0.2, 0) is 9.59 Å². The fourth-order valence-corrected chi connectivity index (χ4v) is 3.98. The molecule has 4 rings (SSSR count). The molecule has 1 unspecified atom stereocenters. The summed E-state index contributed by atoms with van der Waals surface area (Å²) in [5, 5.41) is 11.3. The summed E-state index contributed by atoms with van der Waals surface area (Å²) in [5.74, 6) is -0.110. The number of amides is 1. The third kappa shape index (κ3) is 5.04. The topological polar surface area (TPSA) is 89.0 Å². The molecule has 2 aromatic carbocycles. The number of pyridine rings is 1. The van der Waals surface area contributed by atoms with E-state index in [1.165, 1.54) is 4.90 Å². The SMILES string of the molecule is CCOc1cccc(N2C(=O)C(=O)/C(=C(/O)c3ccc(OCC(C)C)cc3)C2c2ccncc2)c1. The Morgan fingerprint density at radius 3 is 2.37 bits per heavy atom. The number of carbonyl (C=O) groups is 2. The molecular weight excluding hydrogens is 444 g/mol. The normalized spacial score (nSPS) is 17.1. The van der Waals surface area contributed by atoms with Gasteiger partial charge < -0.3 is 14.6 Å². The predicted molar refractivity (Wildman–Crippen MR) is 133 cm³/mol. The van der Waals surface area contributed by atoms with Gasteiger partial charge in [0.05, 0.1) is 24.8 Å². The van der Waals surface area contributed by atoms with Crippen molar-refractivity contribution in [2.75, 3.05) is 18.1 Å². The van der Waals surface area contributed by atoms with Gasteiger partial charge in [0.2, 0.25) is 0 Å². The number of hydrogen-bond acceptors (Lipinski definition) is 6. The number of rotatable bonds is 8. The number of benzene rings is 2. The number of hydrogen-bond donors (Lipinski definition) is 1. The van der Waals surface area contributed by atoms with Crippen molar-refractivity contribution in [1.29, 1.82) is 0 Å². The zero-order valence-corrected chi connectivity index (χ0v) is 20.0. The number of anilines is 1. The van der Waals surface area contributed by atoms with E-state index >= 15 is 0 Å². The number of ether oxygens (including phenoxy) is 2. The Bertz CT molecular complexity index is 1240. The number of Topliss-reactive ketones (excluding diaryl/α,β-unsaturated/α-hetero) is 1. The number of nitrogens with zero attached hydrogens (tertiary/aromatic N) is 2. The van der Waals surface area contributed by atoms with Crippen molar-refractivity contribution in [2.45, 2.75) is 26.8 Å². The Hall–Kier alpha value is -4.13. The third-order valence-electron chi connectivity index (χ3n) is 5.58. The molecule has 1 fully saturated rings. The quantitative estimate of drug-likeness (QED) is 0.277. The van der Waals surface area contributed by atoms with Crippen molar-refractivity contribution >= 4 is 23.1 Å². The van der Waals surface area contributed by atoms with E-state index in [-0.39, 0.29) is 11.3 Å². The van der Waals surface area contributed by atoms with E-state index in [9.17, 15) is 14.7 Å². The lowest BCUT2D eigenvalue weighted by Gasteiger charge is -2.25. The van der Waals surface area contributed by atoms with Gasteiger partial charge in [0.1, 0.15) is 17.3 Å². The molecule has 1 amide bonds. The molecule has 1 aromatic heterocycles. The summed E-state index contributed by atoms with van der Waals surface area (Å²) in [7, 11) is 0. The highest BCUT2D eigenvalue weighted by atomic mass is 16.5. The molecule has 0 spiro atoms. The second-order valence-electron chi connectivity index (χ2n) is 8.61. The fourth-order valence-electron chi connectivity index (χ4n) is 3.98. The number of aromatic nitrogens is 1. The summed E-state index contributed by atoms with van der Waals surface area (Å²) in [6.45, 7) is 7.02. The first-order chi connectivity index (χ1) is 16.9. The maximum atomic E-state index is 13.3. The number of ketones is 1. The van der Waals surface area contributed by atoms with Gasteiger partial charge in [-0.05, 0) is 66.9 Å². The number of aliphatic hydroxyl groups is 1. The van der Waals surface area contributed by atoms with Crippen LogP contribution in [0.2, 0.25) is 0 Å². The van der Waals surface area contributed by atoms with E-state index < -0.39 is 17.7 Å². The maximum absolute atomic E-state index is 13.3. The molecule has 1 aliphatic heterocycles. The Kier molecular flexibility index (Phi) is 7.15. The molecule has 35 heavy (non-hydrogen) atoms. The van der Waals surface area contributed by atoms with Crippen LogP contribution in [-0.4, -0.2) is 35.0 Å². The van der Waals surface area contributed by atoms with Crippen LogP contribution in [0.1, 0.15) is 37.9 Å². The molecule has 7 nitrogen and oxygen atoms in total. The molecule has 1 atom stereocenters. The lowest BCUT2D eigenvalue weighted by atomic mass is 9.95. The zero-order valence-electron chi connectivity index (χ0n) is 20.0. The number of aliphatic hydroxyl groups excluding tert-OH is 1. The highest BCUT2D eigenvalue weighted by molar-refractivity contribution is 6.51. The second kappa shape index (κ2) is 10.4. The maximum Gasteiger partial charge on any atom is 0.300 e. The molecule has 1 aliphatic rings. The minimum atomic E-state index is -0.827. The Labute approximate surface area is 204 Å². The second-order valence-corrected chi connectivity index (χ2v) is 8.61. The van der Waals surface area contributed by atoms with Gasteiger partial charge in [0.25, 0.3) is 11.7 Å². The standard InChI is InChI=1S/C28H28N2O5/c1-4-34-23-7-5-6-21(16-23)30-25(19-12-14-29-15-13-19)24(27(32)28(30)33)26(31)20-8-10-22(11-9-20)35-17-18(2)3/h5-16,18,25,31H,4,17H2,1-3H3/b26-24+. The molecule has 0 saturated carbocycles. The van der Waals surface area contributed by atoms with E-state index in [1.54, 1.807) is 73.1 Å². The lowest BCUT2D eigenvalue weighted by molar-refractivity contribution is -0.132. The fraction of sp³-hybridized carbons (Fsp3) is 0.250. The van der Waals surface area contributed by atoms with Crippen LogP contribution in [0.15, 0.2) is 78.6 Å². The van der Waals surface area contributed by atoms with Crippen LogP contribution in [0.4, 0.5) is 5.69 Å². The van der Waals surface area contributed by atoms with Gasteiger partial charge in [-0.1, -0.05) is 19.9 Å². The monoisotopic (exact) mass is 472 g/mol. The van der Waals surface area contributed by atoms with Crippen molar-refractivity contribution in [3.63, 3.8) is 0 Å². The Balaban J connectivity index is 1.79. The van der Waals surface area contributed by atoms with Crippen molar-refractivity contribution in [2.24, 2.45) is 5.92 Å². The number of carbonyl (C=O) groups excluding carboxylic acids is 2. The van der Waals surface area contributed by atoms with Crippen LogP contribution in [0.5, 0.6) is 11.5 Å². The van der Waals surface area contributed by atoms with Gasteiger partial charge in [0.15, 0.2) is 0 Å². The predicted octanol–water partition coefficient (Wildman–Crippen LogP) is 5.14. The summed E-state index contributed by atoms with van der Waals surface area (Å²) in [6.07, 6.45) is 3.18. The van der Waals surface area contributed by atoms with Gasteiger partial charge in [0, 0.05) is 29.7 Å². The van der Waals surface area contributed by atoms with E-state index in [4.69, 9.17) is 9.47 Å². The first-order valence-electron chi connectivity index (χ1n) is 11.6. The van der Waals surface area contributed by atoms with Gasteiger partial charge >= 0.3 is 0 Å². The molecule has 0 radical (unpaired) electrons. The summed E-state index contributed by atoms with van der Waals surface area (Å²) in [5.41, 5.74) is 1.58. The Morgan fingerprint density at radius 2 is 1.71 bits per heavy atom. The average Bonchev–Trinajstić information content (AvgIpc) is 3.14. The van der Waals surface area contributed by atoms with E-state index in [2.05, 4.69) is 18.8 Å². The van der Waals surface area contributed by atoms with Crippen LogP contribution in [0.25, 0.3) is 5.76 Å². The highest BCUT2D eigenvalue weighted by Crippen LogP contribution is 2.42. The zero-order chi connectivity index (χ0) is 24.9. The van der Waals surface area contributed by atoms with Crippen LogP contribution < -0.4 is 14.4 Å². The molecular formula is C28H28N2O5. The summed E-state index contributed by atoms with van der Waals surface area (Å²) < 4.78 is 11.3. The van der Waals surface area contributed by atoms with Crippen LogP contribution in [0.3, 0.4) is 0 Å². The highest BCUT2D eigenvalue weighted by Gasteiger charge is 2.47. The van der Waals surface area contributed by atoms with Crippen molar-refractivity contribution in [1.82, 2.24) is 4.98 Å². The molecule has 1 N–H and O–H groups in total. The summed E-state index contributed by atoms with van der Waals surface area (Å²) >= 11 is 0. The van der Waals surface area contributed by atoms with Crippen LogP contribution in [0, 0.1) is 5.92 Å². The minimum Gasteiger partial charge on any atom is -0.507 e. The van der Waals surface area contributed by atoms with Crippen molar-refractivity contribution < 1.29 is 24.2 Å².